The number of imidazole rings is 1. The number of carbonyl (C=O) groups is 1. The number of hydrogen-bond acceptors (Lipinski definition) is 3. The normalized spacial score (nSPS) is 15.0. The molecule has 0 saturated carbocycles. The zero-order chi connectivity index (χ0) is 17.3. The molecule has 0 bridgehead atoms. The molecule has 0 amide bonds. The first-order valence-electron chi connectivity index (χ1n) is 8.34. The fourth-order valence-electron chi connectivity index (χ4n) is 3.20. The number of esters is 1. The van der Waals surface area contributed by atoms with E-state index in [2.05, 4.69) is 54.6 Å². The molecule has 1 aromatic carbocycles. The van der Waals surface area contributed by atoms with Gasteiger partial charge in [0.15, 0.2) is 0 Å². The topological polar surface area (TPSA) is 44.1 Å². The molecular formula is C20H24N2O2. The highest BCUT2D eigenvalue weighted by Crippen LogP contribution is 2.33. The Hall–Kier alpha value is -2.36. The number of ether oxygens (including phenoxy) is 1. The number of aromatic nitrogens is 2. The van der Waals surface area contributed by atoms with Gasteiger partial charge in [0.05, 0.1) is 25.3 Å². The van der Waals surface area contributed by atoms with Crippen LogP contribution in [0.3, 0.4) is 0 Å². The summed E-state index contributed by atoms with van der Waals surface area (Å²) < 4.78 is 7.15. The van der Waals surface area contributed by atoms with Crippen LogP contribution in [0, 0.1) is 0 Å². The Bertz CT molecular complexity index is 777. The van der Waals surface area contributed by atoms with Crippen molar-refractivity contribution < 1.29 is 9.53 Å². The highest BCUT2D eigenvalue weighted by atomic mass is 16.5. The van der Waals surface area contributed by atoms with E-state index in [0.29, 0.717) is 6.42 Å². The first-order valence-corrected chi connectivity index (χ1v) is 8.34. The van der Waals surface area contributed by atoms with Crippen molar-refractivity contribution in [1.82, 2.24) is 9.55 Å². The summed E-state index contributed by atoms with van der Waals surface area (Å²) in [4.78, 5) is 16.6. The van der Waals surface area contributed by atoms with Gasteiger partial charge in [-0.05, 0) is 29.4 Å². The molecular weight excluding hydrogens is 300 g/mol. The van der Waals surface area contributed by atoms with E-state index in [4.69, 9.17) is 4.74 Å². The van der Waals surface area contributed by atoms with Gasteiger partial charge >= 0.3 is 5.97 Å². The molecule has 0 radical (unpaired) electrons. The molecule has 0 spiro atoms. The van der Waals surface area contributed by atoms with Gasteiger partial charge in [-0.15, -0.1) is 0 Å². The quantitative estimate of drug-likeness (QED) is 0.786. The number of hydrogen-bond donors (Lipinski definition) is 0. The predicted octanol–water partition coefficient (Wildman–Crippen LogP) is 3.95. The van der Waals surface area contributed by atoms with E-state index in [9.17, 15) is 4.79 Å². The summed E-state index contributed by atoms with van der Waals surface area (Å²) >= 11 is 0. The van der Waals surface area contributed by atoms with Crippen LogP contribution in [0.5, 0.6) is 0 Å². The number of nitrogens with zero attached hydrogens (tertiary/aromatic N) is 2. The van der Waals surface area contributed by atoms with Gasteiger partial charge in [0.1, 0.15) is 0 Å². The summed E-state index contributed by atoms with van der Waals surface area (Å²) in [7, 11) is 1.44. The molecule has 0 atom stereocenters. The van der Waals surface area contributed by atoms with E-state index >= 15 is 0 Å². The third kappa shape index (κ3) is 3.01. The van der Waals surface area contributed by atoms with Crippen LogP contribution in [0.2, 0.25) is 0 Å². The summed E-state index contributed by atoms with van der Waals surface area (Å²) in [5.41, 5.74) is 5.07. The average Bonchev–Trinajstić information content (AvgIpc) is 2.93. The maximum Gasteiger partial charge on any atom is 0.334 e. The largest absolute Gasteiger partial charge is 0.466 e. The van der Waals surface area contributed by atoms with Crippen molar-refractivity contribution in [2.24, 2.45) is 0 Å². The monoisotopic (exact) mass is 324 g/mol. The second-order valence-electron chi connectivity index (χ2n) is 7.25. The van der Waals surface area contributed by atoms with Gasteiger partial charge in [-0.1, -0.05) is 45.0 Å². The maximum atomic E-state index is 12.4. The Balaban J connectivity index is 2.16. The van der Waals surface area contributed by atoms with E-state index < -0.39 is 0 Å². The van der Waals surface area contributed by atoms with E-state index in [-0.39, 0.29) is 11.4 Å². The third-order valence-electron chi connectivity index (χ3n) is 4.57. The lowest BCUT2D eigenvalue weighted by atomic mass is 9.85. The van der Waals surface area contributed by atoms with Gasteiger partial charge < -0.3 is 9.30 Å². The van der Waals surface area contributed by atoms with Gasteiger partial charge in [-0.3, -0.25) is 0 Å². The fourth-order valence-corrected chi connectivity index (χ4v) is 3.20. The van der Waals surface area contributed by atoms with Crippen molar-refractivity contribution in [3.8, 4) is 0 Å². The van der Waals surface area contributed by atoms with Crippen LogP contribution >= 0.6 is 0 Å². The number of benzene rings is 1. The van der Waals surface area contributed by atoms with Gasteiger partial charge in [0, 0.05) is 17.7 Å². The second kappa shape index (κ2) is 6.27. The summed E-state index contributed by atoms with van der Waals surface area (Å²) in [6, 6.07) is 8.48. The van der Waals surface area contributed by atoms with Crippen molar-refractivity contribution in [1.29, 1.82) is 0 Å². The van der Waals surface area contributed by atoms with Crippen LogP contribution < -0.4 is 0 Å². The molecule has 1 aromatic heterocycles. The molecule has 3 rings (SSSR count). The Morgan fingerprint density at radius 3 is 2.54 bits per heavy atom. The fraction of sp³-hybridized carbons (Fsp3) is 0.400. The lowest BCUT2D eigenvalue weighted by Crippen LogP contribution is -2.11. The van der Waals surface area contributed by atoms with Crippen LogP contribution in [0.1, 0.15) is 50.4 Å². The number of rotatable bonds is 2. The van der Waals surface area contributed by atoms with Crippen LogP contribution in [0.15, 0.2) is 42.4 Å². The summed E-state index contributed by atoms with van der Waals surface area (Å²) in [6.45, 7) is 7.45. The molecule has 0 N–H and O–H groups in total. The number of aryl methyl sites for hydroxylation is 1. The molecule has 0 aliphatic carbocycles. The Morgan fingerprint density at radius 2 is 1.92 bits per heavy atom. The van der Waals surface area contributed by atoms with E-state index in [1.54, 1.807) is 0 Å². The Kier molecular flexibility index (Phi) is 4.31. The number of carbonyl (C=O) groups excluding carboxylic acids is 1. The molecule has 0 fully saturated rings. The molecule has 2 aromatic rings. The SMILES string of the molecule is COC(=O)C1=C(c2ccc(C(C)(C)C)cc2)c2cncn2CCC1. The minimum atomic E-state index is -0.250. The zero-order valence-electron chi connectivity index (χ0n) is 14.8. The lowest BCUT2D eigenvalue weighted by Gasteiger charge is -2.20. The number of methoxy groups -OCH3 is 1. The van der Waals surface area contributed by atoms with Gasteiger partial charge in [0.25, 0.3) is 0 Å². The zero-order valence-corrected chi connectivity index (χ0v) is 14.8. The van der Waals surface area contributed by atoms with E-state index in [1.807, 2.05) is 12.5 Å². The molecule has 24 heavy (non-hydrogen) atoms. The second-order valence-corrected chi connectivity index (χ2v) is 7.25. The van der Waals surface area contributed by atoms with E-state index in [1.165, 1.54) is 12.7 Å². The molecule has 1 aliphatic rings. The van der Waals surface area contributed by atoms with Gasteiger partial charge in [-0.2, -0.15) is 0 Å². The molecule has 1 aliphatic heterocycles. The Morgan fingerprint density at radius 1 is 1.21 bits per heavy atom. The molecule has 0 saturated heterocycles. The number of fused-ring (bicyclic) bond motifs is 1. The van der Waals surface area contributed by atoms with Crippen LogP contribution in [-0.4, -0.2) is 22.6 Å². The van der Waals surface area contributed by atoms with Crippen molar-refractivity contribution in [2.45, 2.75) is 45.6 Å². The third-order valence-corrected chi connectivity index (χ3v) is 4.57. The van der Waals surface area contributed by atoms with Crippen molar-refractivity contribution in [2.75, 3.05) is 7.11 Å². The summed E-state index contributed by atoms with van der Waals surface area (Å²) in [5, 5.41) is 0. The van der Waals surface area contributed by atoms with Gasteiger partial charge in [0.2, 0.25) is 0 Å². The van der Waals surface area contributed by atoms with E-state index in [0.717, 1.165) is 35.4 Å². The first-order chi connectivity index (χ1) is 11.4. The molecule has 126 valence electrons. The Labute approximate surface area is 143 Å². The van der Waals surface area contributed by atoms with Crippen LogP contribution in [-0.2, 0) is 21.5 Å². The molecule has 4 nitrogen and oxygen atoms in total. The minimum absolute atomic E-state index is 0.101. The highest BCUT2D eigenvalue weighted by Gasteiger charge is 2.24. The summed E-state index contributed by atoms with van der Waals surface area (Å²) in [5.74, 6) is -0.250. The predicted molar refractivity (Wildman–Crippen MR) is 94.6 cm³/mol. The minimum Gasteiger partial charge on any atom is -0.466 e. The van der Waals surface area contributed by atoms with Crippen LogP contribution in [0.25, 0.3) is 5.57 Å². The lowest BCUT2D eigenvalue weighted by molar-refractivity contribution is -0.136. The molecule has 4 heteroatoms. The first kappa shape index (κ1) is 16.5. The van der Waals surface area contributed by atoms with Crippen molar-refractivity contribution >= 4 is 11.5 Å². The van der Waals surface area contributed by atoms with Crippen molar-refractivity contribution in [3.05, 3.63) is 59.2 Å². The van der Waals surface area contributed by atoms with Gasteiger partial charge in [-0.25, -0.2) is 9.78 Å². The van der Waals surface area contributed by atoms with Crippen molar-refractivity contribution in [3.63, 3.8) is 0 Å². The standard InChI is InChI=1S/C20H24N2O2/c1-20(2,3)15-9-7-14(8-10-15)18-16(19(23)24-4)6-5-11-22-13-21-12-17(18)22/h7-10,12-13H,5-6,11H2,1-4H3. The summed E-state index contributed by atoms with van der Waals surface area (Å²) in [6.07, 6.45) is 5.28. The van der Waals surface area contributed by atoms with Crippen LogP contribution in [0.4, 0.5) is 0 Å². The highest BCUT2D eigenvalue weighted by molar-refractivity contribution is 6.01. The average molecular weight is 324 g/mol. The smallest absolute Gasteiger partial charge is 0.334 e. The molecule has 0 unspecified atom stereocenters. The molecule has 2 heterocycles. The maximum absolute atomic E-state index is 12.4.